The van der Waals surface area contributed by atoms with Gasteiger partial charge in [-0.15, -0.1) is 54.1 Å². The van der Waals surface area contributed by atoms with Gasteiger partial charge in [-0.1, -0.05) is 119 Å². The van der Waals surface area contributed by atoms with Crippen molar-refractivity contribution in [3.8, 4) is 22.6 Å². The molecule has 0 bridgehead atoms. The van der Waals surface area contributed by atoms with Gasteiger partial charge in [-0.2, -0.15) is 0 Å². The van der Waals surface area contributed by atoms with E-state index in [9.17, 15) is 0 Å². The second-order valence-corrected chi connectivity index (χ2v) is 25.8. The van der Waals surface area contributed by atoms with E-state index < -0.39 is 16.1 Å². The third kappa shape index (κ3) is 6.60. The minimum absolute atomic E-state index is 0. The molecule has 0 atom stereocenters. The zero-order chi connectivity index (χ0) is 35.5. The normalized spacial score (nSPS) is 14.8. The van der Waals surface area contributed by atoms with Crippen LogP contribution in [0.1, 0.15) is 26.3 Å². The molecular formula is C45H43IrN3OSi2-2. The number of rotatable bonds is 2. The van der Waals surface area contributed by atoms with Gasteiger partial charge in [0.25, 0.3) is 0 Å². The van der Waals surface area contributed by atoms with Crippen molar-refractivity contribution in [2.75, 3.05) is 0 Å². The summed E-state index contributed by atoms with van der Waals surface area (Å²) in [6, 6.07) is 42.8. The van der Waals surface area contributed by atoms with Gasteiger partial charge in [-0.3, -0.25) is 9.97 Å². The minimum Gasteiger partial charge on any atom is -0.501 e. The maximum atomic E-state index is 6.54. The van der Waals surface area contributed by atoms with Gasteiger partial charge in [0.05, 0.1) is 19.5 Å². The number of nitrogens with zero attached hydrogens (tertiary/aromatic N) is 3. The summed E-state index contributed by atoms with van der Waals surface area (Å²) in [5.41, 5.74) is 6.03. The first-order valence-electron chi connectivity index (χ1n) is 17.9. The molecule has 3 aromatic heterocycles. The molecule has 0 aliphatic carbocycles. The van der Waals surface area contributed by atoms with Crippen LogP contribution in [0.3, 0.4) is 0 Å². The van der Waals surface area contributed by atoms with E-state index in [1.54, 1.807) is 0 Å². The Morgan fingerprint density at radius 2 is 1.44 bits per heavy atom. The first-order chi connectivity index (χ1) is 24.4. The van der Waals surface area contributed by atoms with E-state index in [0.717, 1.165) is 44.6 Å². The van der Waals surface area contributed by atoms with E-state index in [4.69, 9.17) is 14.4 Å². The number of hydrogen-bond donors (Lipinski definition) is 0. The molecule has 0 saturated heterocycles. The monoisotopic (exact) mass is 890 g/mol. The molecule has 8 aromatic rings. The van der Waals surface area contributed by atoms with Crippen LogP contribution in [0.4, 0.5) is 0 Å². The van der Waals surface area contributed by atoms with Crippen LogP contribution < -0.4 is 10.5 Å². The van der Waals surface area contributed by atoms with Crippen LogP contribution in [0.2, 0.25) is 38.3 Å². The molecule has 0 fully saturated rings. The second-order valence-electron chi connectivity index (χ2n) is 16.2. The van der Waals surface area contributed by atoms with Crippen molar-refractivity contribution in [1.82, 2.24) is 15.0 Å². The number of pyridine rings is 1. The van der Waals surface area contributed by atoms with Crippen molar-refractivity contribution in [3.63, 3.8) is 0 Å². The first kappa shape index (κ1) is 36.1. The zero-order valence-electron chi connectivity index (χ0n) is 30.9. The molecule has 9 rings (SSSR count). The average molecular weight is 890 g/mol. The van der Waals surface area contributed by atoms with E-state index in [1.807, 2.05) is 36.5 Å². The predicted molar refractivity (Wildman–Crippen MR) is 220 cm³/mol. The third-order valence-electron chi connectivity index (χ3n) is 10.7. The Bertz CT molecular complexity index is 2570. The summed E-state index contributed by atoms with van der Waals surface area (Å²) >= 11 is 0. The van der Waals surface area contributed by atoms with Gasteiger partial charge in [-0.25, -0.2) is 0 Å². The Morgan fingerprint density at radius 3 is 2.19 bits per heavy atom. The van der Waals surface area contributed by atoms with E-state index >= 15 is 0 Å². The van der Waals surface area contributed by atoms with Crippen molar-refractivity contribution in [3.05, 3.63) is 127 Å². The van der Waals surface area contributed by atoms with Gasteiger partial charge < -0.3 is 9.40 Å². The van der Waals surface area contributed by atoms with Gasteiger partial charge in [0.15, 0.2) is 0 Å². The Balaban J connectivity index is 0.000000209. The summed E-state index contributed by atoms with van der Waals surface area (Å²) in [6.07, 6.45) is 4.09. The predicted octanol–water partition coefficient (Wildman–Crippen LogP) is 10.8. The molecule has 0 amide bonds. The van der Waals surface area contributed by atoms with Crippen LogP contribution in [-0.4, -0.2) is 31.1 Å². The molecule has 0 spiro atoms. The molecule has 0 N–H and O–H groups in total. The van der Waals surface area contributed by atoms with Gasteiger partial charge in [0.1, 0.15) is 13.7 Å². The van der Waals surface area contributed by atoms with Crippen LogP contribution in [0.5, 0.6) is 0 Å². The van der Waals surface area contributed by atoms with Crippen molar-refractivity contribution in [1.29, 1.82) is 0 Å². The molecule has 4 heterocycles. The Labute approximate surface area is 322 Å². The summed E-state index contributed by atoms with van der Waals surface area (Å²) in [4.78, 5) is 14.6. The number of furan rings is 1. The van der Waals surface area contributed by atoms with Crippen molar-refractivity contribution in [2.45, 2.75) is 64.5 Å². The molecule has 0 unspecified atom stereocenters. The largest absolute Gasteiger partial charge is 0.501 e. The summed E-state index contributed by atoms with van der Waals surface area (Å²) in [6.45, 7) is 16.4. The van der Waals surface area contributed by atoms with E-state index in [1.165, 1.54) is 49.7 Å². The summed E-state index contributed by atoms with van der Waals surface area (Å²) < 4.78 is 6.54. The Kier molecular flexibility index (Phi) is 9.45. The average Bonchev–Trinajstić information content (AvgIpc) is 3.50. The topological polar surface area (TPSA) is 51.8 Å². The number of aromatic nitrogens is 3. The summed E-state index contributed by atoms with van der Waals surface area (Å²) in [5.74, 6) is 0.746. The zero-order valence-corrected chi connectivity index (χ0v) is 35.3. The summed E-state index contributed by atoms with van der Waals surface area (Å²) in [5, 5.41) is 9.95. The fraction of sp³-hybridized carbons (Fsp3) is 0.222. The van der Waals surface area contributed by atoms with Crippen LogP contribution in [-0.2, 0) is 25.5 Å². The Hall–Kier alpha value is -4.27. The molecule has 1 aliphatic rings. The van der Waals surface area contributed by atoms with E-state index in [-0.39, 0.29) is 25.5 Å². The number of hydrogen-bond acceptors (Lipinski definition) is 4. The molecular weight excluding hydrogens is 847 g/mol. The molecule has 0 saturated carbocycles. The molecule has 1 aliphatic heterocycles. The SMILES string of the molecule is CC(C)(C)c1ccc(-c2[c-]cccc2)nc1.C[Si]1(C)CC[Si](C)(C)c2nc(-c3[c-]ccc4c3oc3cc5c(ccc6ccccc65)cc34)ncc21.[Ir]. The molecule has 4 nitrogen and oxygen atoms in total. The van der Waals surface area contributed by atoms with Crippen LogP contribution in [0.15, 0.2) is 114 Å². The van der Waals surface area contributed by atoms with Crippen LogP contribution in [0.25, 0.3) is 66.1 Å². The standard InChI is InChI=1S/C30H27N2OSi2.C15H16N.Ir/c1-34(2)14-15-35(3,4)30-27(34)18-31-29(32-30)23-11-7-10-22-25-16-20-13-12-19-8-5-6-9-21(19)24(20)17-26(25)33-28(22)23;1-15(2,3)13-9-10-14(16-11-13)12-7-5-4-6-8-12;/h5-10,12-13,16-18H,14-15H2,1-4H3;4-7,9-11H,1-3H3;/q2*-1;. The minimum atomic E-state index is -1.58. The van der Waals surface area contributed by atoms with Crippen molar-refractivity contribution >= 4 is 70.1 Å². The fourth-order valence-electron chi connectivity index (χ4n) is 7.35. The van der Waals surface area contributed by atoms with Gasteiger partial charge >= 0.3 is 0 Å². The van der Waals surface area contributed by atoms with Gasteiger partial charge in [0.2, 0.25) is 0 Å². The number of benzene rings is 5. The third-order valence-corrected chi connectivity index (χ3v) is 17.9. The van der Waals surface area contributed by atoms with Crippen molar-refractivity contribution < 1.29 is 24.5 Å². The summed E-state index contributed by atoms with van der Waals surface area (Å²) in [7, 11) is -3.06. The van der Waals surface area contributed by atoms with Crippen LogP contribution >= 0.6 is 0 Å². The number of fused-ring (bicyclic) bond motifs is 7. The second kappa shape index (κ2) is 13.6. The fourth-order valence-corrected chi connectivity index (χ4v) is 17.2. The quantitative estimate of drug-likeness (QED) is 0.0986. The van der Waals surface area contributed by atoms with Crippen molar-refractivity contribution in [2.24, 2.45) is 0 Å². The molecule has 263 valence electrons. The smallest absolute Gasteiger partial charge is 0.121 e. The molecule has 52 heavy (non-hydrogen) atoms. The maximum Gasteiger partial charge on any atom is 0.121 e. The molecule has 5 aromatic carbocycles. The molecule has 7 heteroatoms. The molecule has 1 radical (unpaired) electrons. The van der Waals surface area contributed by atoms with Gasteiger partial charge in [-0.05, 0) is 55.5 Å². The maximum absolute atomic E-state index is 6.54. The Morgan fingerprint density at radius 1 is 0.673 bits per heavy atom. The van der Waals surface area contributed by atoms with Crippen LogP contribution in [0, 0.1) is 12.1 Å². The first-order valence-corrected chi connectivity index (χ1v) is 24.3. The van der Waals surface area contributed by atoms with E-state index in [2.05, 4.69) is 137 Å². The van der Waals surface area contributed by atoms with E-state index in [0.29, 0.717) is 0 Å². The van der Waals surface area contributed by atoms with Gasteiger partial charge in [0, 0.05) is 43.2 Å².